The first kappa shape index (κ1) is 16.0. The largest absolute Gasteiger partial charge is 0.487 e. The molecule has 2 rings (SSSR count). The molecular weight excluding hydrogens is 329 g/mol. The summed E-state index contributed by atoms with van der Waals surface area (Å²) in [7, 11) is 0. The second-order valence-corrected chi connectivity index (χ2v) is 5.40. The van der Waals surface area contributed by atoms with E-state index in [2.05, 4.69) is 16.8 Å². The summed E-state index contributed by atoms with van der Waals surface area (Å²) in [6.45, 7) is 0.319. The summed E-state index contributed by atoms with van der Waals surface area (Å²) < 4.78 is 5.68. The third kappa shape index (κ3) is 5.13. The van der Waals surface area contributed by atoms with E-state index in [9.17, 15) is 0 Å². The zero-order valence-corrected chi connectivity index (χ0v) is 13.3. The molecule has 108 valence electrons. The summed E-state index contributed by atoms with van der Waals surface area (Å²) in [5.74, 6) is 7.08. The molecule has 1 heterocycles. The van der Waals surface area contributed by atoms with Gasteiger partial charge >= 0.3 is 0 Å². The fourth-order valence-corrected chi connectivity index (χ4v) is 2.05. The molecule has 0 aliphatic rings. The number of alkyl halides is 1. The van der Waals surface area contributed by atoms with Gasteiger partial charge in [-0.3, -0.25) is 4.98 Å². The van der Waals surface area contributed by atoms with Crippen LogP contribution in [0.25, 0.3) is 0 Å². The first-order valence-electron chi connectivity index (χ1n) is 6.25. The molecule has 0 saturated heterocycles. The molecule has 0 fully saturated rings. The Labute approximate surface area is 139 Å². The molecule has 5 heteroatoms. The molecule has 0 amide bonds. The van der Waals surface area contributed by atoms with E-state index in [1.54, 1.807) is 30.6 Å². The summed E-state index contributed by atoms with van der Waals surface area (Å²) in [4.78, 5) is 4.10. The lowest BCUT2D eigenvalue weighted by atomic mass is 10.2. The first-order valence-corrected chi connectivity index (χ1v) is 7.54. The summed E-state index contributed by atoms with van der Waals surface area (Å²) in [5.41, 5.74) is 1.61. The molecule has 0 spiro atoms. The topological polar surface area (TPSA) is 22.1 Å². The summed E-state index contributed by atoms with van der Waals surface area (Å²) in [5, 5.41) is 1.24. The van der Waals surface area contributed by atoms with Crippen molar-refractivity contribution in [1.82, 2.24) is 4.98 Å². The van der Waals surface area contributed by atoms with Gasteiger partial charge in [-0.2, -0.15) is 0 Å². The number of aromatic nitrogens is 1. The molecule has 21 heavy (non-hydrogen) atoms. The molecule has 0 atom stereocenters. The van der Waals surface area contributed by atoms with Crippen LogP contribution in [0.15, 0.2) is 36.7 Å². The number of pyridine rings is 1. The molecule has 0 aliphatic heterocycles. The maximum Gasteiger partial charge on any atom is 0.139 e. The third-order valence-corrected chi connectivity index (χ3v) is 3.36. The van der Waals surface area contributed by atoms with Crippen LogP contribution in [-0.2, 0) is 6.61 Å². The maximum absolute atomic E-state index is 6.09. The monoisotopic (exact) mass is 339 g/mol. The number of nitrogens with zero attached hydrogens (tertiary/aromatic N) is 1. The minimum Gasteiger partial charge on any atom is -0.487 e. The number of ether oxygens (including phenoxy) is 1. The third-order valence-electron chi connectivity index (χ3n) is 2.57. The molecule has 1 aromatic heterocycles. The van der Waals surface area contributed by atoms with Gasteiger partial charge in [-0.25, -0.2) is 0 Å². The van der Waals surface area contributed by atoms with E-state index in [-0.39, 0.29) is 0 Å². The van der Waals surface area contributed by atoms with Crippen molar-refractivity contribution in [3.05, 3.63) is 57.8 Å². The van der Waals surface area contributed by atoms with Crippen molar-refractivity contribution in [1.29, 1.82) is 0 Å². The second kappa shape index (κ2) is 8.14. The number of rotatable bonds is 4. The van der Waals surface area contributed by atoms with Gasteiger partial charge in [0.05, 0.1) is 6.20 Å². The van der Waals surface area contributed by atoms with E-state index in [1.807, 2.05) is 6.07 Å². The molecule has 0 aliphatic carbocycles. The van der Waals surface area contributed by atoms with Crippen LogP contribution in [0.3, 0.4) is 0 Å². The Balaban J connectivity index is 2.05. The van der Waals surface area contributed by atoms with Gasteiger partial charge in [-0.05, 0) is 24.3 Å². The SMILES string of the molecule is ClCCC#Cc1cncc(OCc2cc(Cl)ccc2Cl)c1. The minimum absolute atomic E-state index is 0.319. The molecule has 0 radical (unpaired) electrons. The van der Waals surface area contributed by atoms with Crippen LogP contribution in [0.4, 0.5) is 0 Å². The highest BCUT2D eigenvalue weighted by molar-refractivity contribution is 6.33. The zero-order valence-electron chi connectivity index (χ0n) is 11.1. The fourth-order valence-electron chi connectivity index (χ4n) is 1.59. The number of benzene rings is 1. The van der Waals surface area contributed by atoms with Crippen molar-refractivity contribution in [2.45, 2.75) is 13.0 Å². The lowest BCUT2D eigenvalue weighted by Gasteiger charge is -2.08. The van der Waals surface area contributed by atoms with Gasteiger partial charge in [0.15, 0.2) is 0 Å². The van der Waals surface area contributed by atoms with Crippen molar-refractivity contribution >= 4 is 34.8 Å². The summed E-state index contributed by atoms with van der Waals surface area (Å²) in [6.07, 6.45) is 3.95. The fraction of sp³-hybridized carbons (Fsp3) is 0.188. The van der Waals surface area contributed by atoms with Crippen molar-refractivity contribution in [2.75, 3.05) is 5.88 Å². The van der Waals surface area contributed by atoms with E-state index >= 15 is 0 Å². The quantitative estimate of drug-likeness (QED) is 0.580. The van der Waals surface area contributed by atoms with Crippen LogP contribution in [0.5, 0.6) is 5.75 Å². The average Bonchev–Trinajstić information content (AvgIpc) is 2.49. The Kier molecular flexibility index (Phi) is 6.20. The molecule has 1 aromatic carbocycles. The Bertz CT molecular complexity index is 677. The zero-order chi connectivity index (χ0) is 15.1. The molecule has 0 bridgehead atoms. The van der Waals surface area contributed by atoms with Crippen LogP contribution in [0.2, 0.25) is 10.0 Å². The smallest absolute Gasteiger partial charge is 0.139 e. The lowest BCUT2D eigenvalue weighted by molar-refractivity contribution is 0.305. The van der Waals surface area contributed by atoms with Gasteiger partial charge in [-0.15, -0.1) is 11.6 Å². The van der Waals surface area contributed by atoms with Crippen molar-refractivity contribution < 1.29 is 4.74 Å². The van der Waals surface area contributed by atoms with Gasteiger partial charge in [0.2, 0.25) is 0 Å². The number of halogens is 3. The van der Waals surface area contributed by atoms with Crippen molar-refractivity contribution in [3.8, 4) is 17.6 Å². The predicted molar refractivity (Wildman–Crippen MR) is 87.2 cm³/mol. The predicted octanol–water partition coefficient (Wildman–Crippen LogP) is 4.95. The number of hydrogen-bond donors (Lipinski definition) is 0. The van der Waals surface area contributed by atoms with Gasteiger partial charge in [-0.1, -0.05) is 35.0 Å². The molecule has 0 saturated carbocycles. The molecule has 2 nitrogen and oxygen atoms in total. The first-order chi connectivity index (χ1) is 10.2. The summed E-state index contributed by atoms with van der Waals surface area (Å²) in [6, 6.07) is 7.09. The van der Waals surface area contributed by atoms with Crippen LogP contribution in [-0.4, -0.2) is 10.9 Å². The van der Waals surface area contributed by atoms with Crippen LogP contribution < -0.4 is 4.74 Å². The van der Waals surface area contributed by atoms with E-state index in [0.717, 1.165) is 11.1 Å². The van der Waals surface area contributed by atoms with Crippen LogP contribution >= 0.6 is 34.8 Å². The Morgan fingerprint density at radius 3 is 2.81 bits per heavy atom. The van der Waals surface area contributed by atoms with Gasteiger partial charge in [0, 0.05) is 39.7 Å². The van der Waals surface area contributed by atoms with E-state index in [4.69, 9.17) is 39.5 Å². The highest BCUT2D eigenvalue weighted by Crippen LogP contribution is 2.22. The maximum atomic E-state index is 6.09. The average molecular weight is 341 g/mol. The molecule has 0 N–H and O–H groups in total. The van der Waals surface area contributed by atoms with E-state index in [0.29, 0.717) is 34.7 Å². The highest BCUT2D eigenvalue weighted by Gasteiger charge is 2.03. The van der Waals surface area contributed by atoms with Gasteiger partial charge in [0.25, 0.3) is 0 Å². The Morgan fingerprint density at radius 2 is 2.00 bits per heavy atom. The highest BCUT2D eigenvalue weighted by atomic mass is 35.5. The lowest BCUT2D eigenvalue weighted by Crippen LogP contribution is -1.97. The van der Waals surface area contributed by atoms with Gasteiger partial charge in [0.1, 0.15) is 12.4 Å². The summed E-state index contributed by atoms with van der Waals surface area (Å²) >= 11 is 17.6. The van der Waals surface area contributed by atoms with E-state index < -0.39 is 0 Å². The molecule has 2 aromatic rings. The Morgan fingerprint density at radius 1 is 1.14 bits per heavy atom. The van der Waals surface area contributed by atoms with Crippen LogP contribution in [0.1, 0.15) is 17.5 Å². The normalized spacial score (nSPS) is 9.86. The van der Waals surface area contributed by atoms with Crippen molar-refractivity contribution in [3.63, 3.8) is 0 Å². The second-order valence-electron chi connectivity index (χ2n) is 4.17. The van der Waals surface area contributed by atoms with Crippen molar-refractivity contribution in [2.24, 2.45) is 0 Å². The van der Waals surface area contributed by atoms with Crippen LogP contribution in [0, 0.1) is 11.8 Å². The molecule has 0 unspecified atom stereocenters. The minimum atomic E-state index is 0.319. The van der Waals surface area contributed by atoms with Gasteiger partial charge < -0.3 is 4.74 Å². The Hall–Kier alpha value is -1.40. The van der Waals surface area contributed by atoms with E-state index in [1.165, 1.54) is 0 Å². The molecular formula is C16H12Cl3NO. The standard InChI is InChI=1S/C16H12Cl3NO/c17-6-2-1-3-12-7-15(10-20-9-12)21-11-13-8-14(18)4-5-16(13)19/h4-5,7-10H,2,6,11H2. The number of hydrogen-bond acceptors (Lipinski definition) is 2.